The summed E-state index contributed by atoms with van der Waals surface area (Å²) in [6.07, 6.45) is 1.61. The van der Waals surface area contributed by atoms with Crippen molar-refractivity contribution in [3.63, 3.8) is 0 Å². The number of aromatic nitrogens is 1. The van der Waals surface area contributed by atoms with Crippen LogP contribution in [0.2, 0.25) is 5.02 Å². The summed E-state index contributed by atoms with van der Waals surface area (Å²) in [5.41, 5.74) is 2.57. The summed E-state index contributed by atoms with van der Waals surface area (Å²) in [5, 5.41) is 2.91. The van der Waals surface area contributed by atoms with E-state index in [0.29, 0.717) is 30.9 Å². The van der Waals surface area contributed by atoms with Gasteiger partial charge in [-0.1, -0.05) is 25.4 Å². The van der Waals surface area contributed by atoms with Crippen LogP contribution in [0.5, 0.6) is 0 Å². The van der Waals surface area contributed by atoms with Crippen molar-refractivity contribution >= 4 is 33.2 Å². The average Bonchev–Trinajstić information content (AvgIpc) is 3.34. The Balaban J connectivity index is 1.88. The molecule has 1 amide bonds. The van der Waals surface area contributed by atoms with Crippen LogP contribution in [0.3, 0.4) is 0 Å². The molecule has 0 fully saturated rings. The van der Waals surface area contributed by atoms with Crippen LogP contribution in [0.1, 0.15) is 41.4 Å². The van der Waals surface area contributed by atoms with Gasteiger partial charge < -0.3 is 14.3 Å². The number of nitrogens with one attached hydrogen (secondary N) is 1. The molecule has 0 atom stereocenters. The van der Waals surface area contributed by atoms with E-state index in [1.807, 2.05) is 30.5 Å². The largest absolute Gasteiger partial charge is 0.467 e. The number of rotatable bonds is 8. The third-order valence-electron chi connectivity index (χ3n) is 5.22. The average molecular weight is 464 g/mol. The van der Waals surface area contributed by atoms with E-state index < -0.39 is 10.0 Å². The van der Waals surface area contributed by atoms with Crippen molar-refractivity contribution in [2.45, 2.75) is 39.1 Å². The molecule has 166 valence electrons. The number of halogens is 1. The van der Waals surface area contributed by atoms with E-state index in [1.165, 1.54) is 16.4 Å². The van der Waals surface area contributed by atoms with E-state index in [9.17, 15) is 13.2 Å². The van der Waals surface area contributed by atoms with E-state index in [0.717, 1.165) is 17.1 Å². The van der Waals surface area contributed by atoms with Crippen LogP contribution in [0, 0.1) is 13.8 Å². The summed E-state index contributed by atoms with van der Waals surface area (Å²) in [6.45, 7) is 8.48. The van der Waals surface area contributed by atoms with Crippen LogP contribution in [-0.2, 0) is 16.6 Å². The smallest absolute Gasteiger partial charge is 0.257 e. The van der Waals surface area contributed by atoms with Gasteiger partial charge in [0.15, 0.2) is 0 Å². The second-order valence-electron chi connectivity index (χ2n) is 7.14. The first-order valence-electron chi connectivity index (χ1n) is 9.99. The minimum Gasteiger partial charge on any atom is -0.467 e. The molecule has 1 aromatic carbocycles. The van der Waals surface area contributed by atoms with Crippen LogP contribution in [-0.4, -0.2) is 36.3 Å². The van der Waals surface area contributed by atoms with Crippen LogP contribution < -0.4 is 5.32 Å². The third-order valence-corrected chi connectivity index (χ3v) is 7.76. The van der Waals surface area contributed by atoms with E-state index in [4.69, 9.17) is 16.0 Å². The number of benzene rings is 1. The first kappa shape index (κ1) is 23.1. The topological polar surface area (TPSA) is 84.5 Å². The molecule has 0 saturated carbocycles. The van der Waals surface area contributed by atoms with Gasteiger partial charge in [-0.3, -0.25) is 4.79 Å². The summed E-state index contributed by atoms with van der Waals surface area (Å²) >= 11 is 6.18. The maximum absolute atomic E-state index is 13.0. The summed E-state index contributed by atoms with van der Waals surface area (Å²) < 4.78 is 34.5. The van der Waals surface area contributed by atoms with Crippen molar-refractivity contribution in [2.75, 3.05) is 18.4 Å². The highest BCUT2D eigenvalue weighted by Gasteiger charge is 2.25. The minimum absolute atomic E-state index is 0.0287. The monoisotopic (exact) mass is 463 g/mol. The standard InChI is InChI=1S/C22H26ClN3O4S/c1-5-25(6-2)31(28,29)21-13-17(9-10-20(21)23)24-22(27)19-12-15(3)26(16(19)4)14-18-8-7-11-30-18/h7-13H,5-6,14H2,1-4H3,(H,24,27). The Morgan fingerprint density at radius 3 is 2.48 bits per heavy atom. The molecule has 0 bridgehead atoms. The van der Waals surface area contributed by atoms with Gasteiger partial charge >= 0.3 is 0 Å². The predicted molar refractivity (Wildman–Crippen MR) is 121 cm³/mol. The molecule has 0 aliphatic heterocycles. The Hall–Kier alpha value is -2.55. The van der Waals surface area contributed by atoms with Crippen molar-refractivity contribution in [3.05, 3.63) is 70.4 Å². The van der Waals surface area contributed by atoms with Gasteiger partial charge in [0.2, 0.25) is 10.0 Å². The summed E-state index contributed by atoms with van der Waals surface area (Å²) in [7, 11) is -3.76. The van der Waals surface area contributed by atoms with Crippen molar-refractivity contribution in [1.82, 2.24) is 8.87 Å². The van der Waals surface area contributed by atoms with Gasteiger partial charge in [0.1, 0.15) is 10.7 Å². The number of nitrogens with zero attached hydrogens (tertiary/aromatic N) is 2. The second-order valence-corrected chi connectivity index (χ2v) is 9.45. The van der Waals surface area contributed by atoms with E-state index >= 15 is 0 Å². The molecule has 2 aromatic heterocycles. The molecule has 0 spiro atoms. The normalized spacial score (nSPS) is 11.8. The molecule has 0 unspecified atom stereocenters. The predicted octanol–water partition coefficient (Wildman–Crippen LogP) is 4.68. The van der Waals surface area contributed by atoms with Crippen molar-refractivity contribution < 1.29 is 17.6 Å². The first-order chi connectivity index (χ1) is 14.7. The number of sulfonamides is 1. The lowest BCUT2D eigenvalue weighted by atomic mass is 10.2. The Morgan fingerprint density at radius 1 is 1.16 bits per heavy atom. The summed E-state index contributed by atoms with van der Waals surface area (Å²) in [6, 6.07) is 9.97. The first-order valence-corrected chi connectivity index (χ1v) is 11.8. The lowest BCUT2D eigenvalue weighted by molar-refractivity contribution is 0.102. The van der Waals surface area contributed by atoms with Gasteiger partial charge in [-0.05, 0) is 50.2 Å². The maximum Gasteiger partial charge on any atom is 0.257 e. The summed E-state index contributed by atoms with van der Waals surface area (Å²) in [4.78, 5) is 12.9. The molecule has 0 radical (unpaired) electrons. The maximum atomic E-state index is 13.0. The van der Waals surface area contributed by atoms with E-state index in [-0.39, 0.29) is 15.8 Å². The highest BCUT2D eigenvalue weighted by Crippen LogP contribution is 2.28. The van der Waals surface area contributed by atoms with Crippen LogP contribution >= 0.6 is 11.6 Å². The molecular weight excluding hydrogens is 438 g/mol. The molecule has 2 heterocycles. The zero-order chi connectivity index (χ0) is 22.8. The number of furan rings is 1. The third kappa shape index (κ3) is 4.71. The number of anilines is 1. The van der Waals surface area contributed by atoms with Gasteiger partial charge in [0.25, 0.3) is 5.91 Å². The van der Waals surface area contributed by atoms with Gasteiger partial charge in [0.05, 0.1) is 23.4 Å². The Labute approximate surface area is 187 Å². The highest BCUT2D eigenvalue weighted by molar-refractivity contribution is 7.89. The number of amides is 1. The number of aryl methyl sites for hydroxylation is 1. The lowest BCUT2D eigenvalue weighted by Gasteiger charge is -2.19. The lowest BCUT2D eigenvalue weighted by Crippen LogP contribution is -2.30. The molecule has 0 saturated heterocycles. The van der Waals surface area contributed by atoms with E-state index in [1.54, 1.807) is 32.2 Å². The zero-order valence-electron chi connectivity index (χ0n) is 18.0. The van der Waals surface area contributed by atoms with Crippen molar-refractivity contribution in [3.8, 4) is 0 Å². The zero-order valence-corrected chi connectivity index (χ0v) is 19.5. The number of carbonyl (C=O) groups excluding carboxylic acids is 1. The Bertz CT molecular complexity index is 1180. The second kappa shape index (κ2) is 9.30. The fourth-order valence-corrected chi connectivity index (χ4v) is 5.47. The van der Waals surface area contributed by atoms with Gasteiger partial charge in [-0.15, -0.1) is 0 Å². The van der Waals surface area contributed by atoms with Crippen molar-refractivity contribution in [1.29, 1.82) is 0 Å². The molecule has 0 aliphatic rings. The number of hydrogen-bond acceptors (Lipinski definition) is 4. The quantitative estimate of drug-likeness (QED) is 0.525. The molecule has 1 N–H and O–H groups in total. The highest BCUT2D eigenvalue weighted by atomic mass is 35.5. The SMILES string of the molecule is CCN(CC)S(=O)(=O)c1cc(NC(=O)c2cc(C)n(Cc3ccco3)c2C)ccc1Cl. The number of hydrogen-bond donors (Lipinski definition) is 1. The molecule has 0 aliphatic carbocycles. The molecule has 31 heavy (non-hydrogen) atoms. The van der Waals surface area contributed by atoms with Crippen LogP contribution in [0.4, 0.5) is 5.69 Å². The molecule has 3 rings (SSSR count). The molecule has 9 heteroatoms. The van der Waals surface area contributed by atoms with E-state index in [2.05, 4.69) is 5.32 Å². The van der Waals surface area contributed by atoms with Crippen LogP contribution in [0.15, 0.2) is 52.0 Å². The van der Waals surface area contributed by atoms with Crippen LogP contribution in [0.25, 0.3) is 0 Å². The fourth-order valence-electron chi connectivity index (χ4n) is 3.51. The molecule has 3 aromatic rings. The fraction of sp³-hybridized carbons (Fsp3) is 0.318. The van der Waals surface area contributed by atoms with Gasteiger partial charge in [-0.2, -0.15) is 4.31 Å². The van der Waals surface area contributed by atoms with Gasteiger partial charge in [0, 0.05) is 30.2 Å². The number of carbonyl (C=O) groups is 1. The molecule has 7 nitrogen and oxygen atoms in total. The summed E-state index contributed by atoms with van der Waals surface area (Å²) in [5.74, 6) is 0.463. The van der Waals surface area contributed by atoms with Crippen molar-refractivity contribution in [2.24, 2.45) is 0 Å². The van der Waals surface area contributed by atoms with Gasteiger partial charge in [-0.25, -0.2) is 8.42 Å². The Morgan fingerprint density at radius 2 is 1.87 bits per heavy atom. The Kier molecular flexibility index (Phi) is 6.93. The minimum atomic E-state index is -3.76. The molecular formula is C22H26ClN3O4S.